The van der Waals surface area contributed by atoms with Gasteiger partial charge in [0.25, 0.3) is 0 Å². The lowest BCUT2D eigenvalue weighted by Gasteiger charge is -2.41. The van der Waals surface area contributed by atoms with Gasteiger partial charge in [-0.1, -0.05) is 25.3 Å². The highest BCUT2D eigenvalue weighted by Gasteiger charge is 2.36. The molecule has 1 amide bonds. The number of amides is 1. The fourth-order valence-corrected chi connectivity index (χ4v) is 6.17. The average Bonchev–Trinajstić information content (AvgIpc) is 2.88. The van der Waals surface area contributed by atoms with Gasteiger partial charge in [0.15, 0.2) is 0 Å². The molecule has 2 atom stereocenters. The molecule has 3 fully saturated rings. The van der Waals surface area contributed by atoms with Crippen molar-refractivity contribution in [1.29, 1.82) is 0 Å². The quantitative estimate of drug-likeness (QED) is 0.576. The molecule has 0 aromatic heterocycles. The normalized spacial score (nSPS) is 24.6. The minimum atomic E-state index is -4.35. The maximum atomic E-state index is 13.1. The first-order valence-corrected chi connectivity index (χ1v) is 13.4. The fraction of sp³-hybridized carbons (Fsp3) is 0.704. The molecule has 1 saturated carbocycles. The van der Waals surface area contributed by atoms with E-state index in [1.165, 1.54) is 18.6 Å². The van der Waals surface area contributed by atoms with Crippen molar-refractivity contribution >= 4 is 17.6 Å². The molecule has 0 bridgehead atoms. The van der Waals surface area contributed by atoms with Gasteiger partial charge in [0.05, 0.1) is 5.56 Å². The summed E-state index contributed by atoms with van der Waals surface area (Å²) >= 11 is 0. The molecule has 2 saturated heterocycles. The highest BCUT2D eigenvalue weighted by atomic mass is 19.4. The van der Waals surface area contributed by atoms with Gasteiger partial charge in [-0.2, -0.15) is 13.2 Å². The number of hydrogen-bond donors (Lipinski definition) is 1. The molecular weight excluding hydrogens is 471 g/mol. The topological polar surface area (TPSA) is 64.1 Å². The number of carboxylic acid groups (broad SMARTS) is 1. The molecule has 1 N–H and O–H groups in total. The van der Waals surface area contributed by atoms with Crippen LogP contribution >= 0.6 is 0 Å². The second-order valence-corrected chi connectivity index (χ2v) is 10.7. The summed E-state index contributed by atoms with van der Waals surface area (Å²) in [7, 11) is 0. The Morgan fingerprint density at radius 2 is 1.67 bits per heavy atom. The lowest BCUT2D eigenvalue weighted by molar-refractivity contribution is -0.142. The molecule has 1 aromatic carbocycles. The number of carboxylic acids is 1. The maximum Gasteiger partial charge on any atom is 0.416 e. The van der Waals surface area contributed by atoms with Crippen molar-refractivity contribution in [3.63, 3.8) is 0 Å². The van der Waals surface area contributed by atoms with E-state index in [0.29, 0.717) is 31.9 Å². The molecule has 4 rings (SSSR count). The molecule has 36 heavy (non-hydrogen) atoms. The molecule has 0 spiro atoms. The number of hydrogen-bond acceptors (Lipinski definition) is 4. The summed E-state index contributed by atoms with van der Waals surface area (Å²) in [6.07, 6.45) is 2.71. The number of alkyl halides is 3. The SMILES string of the molecule is O=C(O)CC1CCN(C(=O)C2CCCCC2)CC1CCN1CCN(c2cccc(C(F)(F)F)c2)CC1. The van der Waals surface area contributed by atoms with Crippen molar-refractivity contribution in [1.82, 2.24) is 9.80 Å². The van der Waals surface area contributed by atoms with Crippen molar-refractivity contribution in [2.75, 3.05) is 50.7 Å². The van der Waals surface area contributed by atoms with E-state index in [1.54, 1.807) is 6.07 Å². The Morgan fingerprint density at radius 1 is 0.944 bits per heavy atom. The molecule has 1 aliphatic carbocycles. The predicted octanol–water partition coefficient (Wildman–Crippen LogP) is 4.74. The van der Waals surface area contributed by atoms with Crippen LogP contribution in [0.3, 0.4) is 0 Å². The van der Waals surface area contributed by atoms with E-state index >= 15 is 0 Å². The van der Waals surface area contributed by atoms with Gasteiger partial charge in [-0.05, 0) is 62.3 Å². The van der Waals surface area contributed by atoms with Crippen molar-refractivity contribution in [2.45, 2.75) is 57.5 Å². The smallest absolute Gasteiger partial charge is 0.416 e. The molecular formula is C27H38F3N3O3. The van der Waals surface area contributed by atoms with Crippen molar-refractivity contribution in [2.24, 2.45) is 17.8 Å². The Hall–Kier alpha value is -2.29. The third kappa shape index (κ3) is 6.93. The van der Waals surface area contributed by atoms with Crippen molar-refractivity contribution in [3.8, 4) is 0 Å². The summed E-state index contributed by atoms with van der Waals surface area (Å²) in [5, 5.41) is 9.42. The molecule has 9 heteroatoms. The van der Waals surface area contributed by atoms with E-state index in [4.69, 9.17) is 0 Å². The Morgan fingerprint density at radius 3 is 2.33 bits per heavy atom. The van der Waals surface area contributed by atoms with E-state index in [9.17, 15) is 27.9 Å². The molecule has 2 aliphatic heterocycles. The Balaban J connectivity index is 1.30. The zero-order valence-corrected chi connectivity index (χ0v) is 20.9. The van der Waals surface area contributed by atoms with Crippen LogP contribution in [0.25, 0.3) is 0 Å². The minimum absolute atomic E-state index is 0.0734. The number of aliphatic carboxylic acids is 1. The van der Waals surface area contributed by atoms with E-state index in [2.05, 4.69) is 4.90 Å². The van der Waals surface area contributed by atoms with Crippen LogP contribution in [0.1, 0.15) is 56.9 Å². The average molecular weight is 510 g/mol. The first kappa shape index (κ1) is 26.8. The summed E-state index contributed by atoms with van der Waals surface area (Å²) < 4.78 is 39.2. The lowest BCUT2D eigenvalue weighted by atomic mass is 9.80. The van der Waals surface area contributed by atoms with Gasteiger partial charge in [-0.25, -0.2) is 0 Å². The van der Waals surface area contributed by atoms with Gasteiger partial charge < -0.3 is 14.9 Å². The number of carbonyl (C=O) groups is 2. The largest absolute Gasteiger partial charge is 0.481 e. The Bertz CT molecular complexity index is 896. The number of anilines is 1. The van der Waals surface area contributed by atoms with Gasteiger partial charge in [-0.3, -0.25) is 14.5 Å². The van der Waals surface area contributed by atoms with Crippen LogP contribution in [-0.4, -0.2) is 72.6 Å². The van der Waals surface area contributed by atoms with Crippen LogP contribution < -0.4 is 4.90 Å². The summed E-state index contributed by atoms with van der Waals surface area (Å²) in [6, 6.07) is 5.49. The highest BCUT2D eigenvalue weighted by molar-refractivity contribution is 5.79. The Kier molecular flexibility index (Phi) is 8.80. The van der Waals surface area contributed by atoms with Crippen LogP contribution in [0.4, 0.5) is 18.9 Å². The molecule has 3 aliphatic rings. The molecule has 0 radical (unpaired) electrons. The van der Waals surface area contributed by atoms with Gasteiger partial charge in [0, 0.05) is 57.3 Å². The predicted molar refractivity (Wildman–Crippen MR) is 132 cm³/mol. The third-order valence-corrected chi connectivity index (χ3v) is 8.32. The number of piperidine rings is 1. The molecule has 1 aromatic rings. The van der Waals surface area contributed by atoms with Crippen molar-refractivity contribution in [3.05, 3.63) is 29.8 Å². The summed E-state index contributed by atoms with van der Waals surface area (Å²) in [6.45, 7) is 4.89. The molecule has 6 nitrogen and oxygen atoms in total. The van der Waals surface area contributed by atoms with Crippen LogP contribution in [-0.2, 0) is 15.8 Å². The number of benzene rings is 1. The van der Waals surface area contributed by atoms with Gasteiger partial charge in [-0.15, -0.1) is 0 Å². The second-order valence-electron chi connectivity index (χ2n) is 10.7. The van der Waals surface area contributed by atoms with E-state index in [0.717, 1.165) is 64.2 Å². The monoisotopic (exact) mass is 509 g/mol. The van der Waals surface area contributed by atoms with Gasteiger partial charge >= 0.3 is 12.1 Å². The number of piperazine rings is 1. The number of carbonyl (C=O) groups excluding carboxylic acids is 1. The van der Waals surface area contributed by atoms with Gasteiger partial charge in [0.1, 0.15) is 0 Å². The van der Waals surface area contributed by atoms with Crippen LogP contribution in [0.5, 0.6) is 0 Å². The highest BCUT2D eigenvalue weighted by Crippen LogP contribution is 2.34. The summed E-state index contributed by atoms with van der Waals surface area (Å²) in [5.74, 6) is -0.178. The van der Waals surface area contributed by atoms with Crippen molar-refractivity contribution < 1.29 is 27.9 Å². The lowest BCUT2D eigenvalue weighted by Crippen LogP contribution is -2.49. The minimum Gasteiger partial charge on any atom is -0.481 e. The first-order chi connectivity index (χ1) is 17.2. The zero-order chi connectivity index (χ0) is 25.7. The molecule has 2 heterocycles. The number of halogens is 3. The molecule has 200 valence electrons. The van der Waals surface area contributed by atoms with Crippen LogP contribution in [0.2, 0.25) is 0 Å². The van der Waals surface area contributed by atoms with Crippen LogP contribution in [0.15, 0.2) is 24.3 Å². The zero-order valence-electron chi connectivity index (χ0n) is 20.9. The summed E-state index contributed by atoms with van der Waals surface area (Å²) in [5.41, 5.74) is -0.0355. The van der Waals surface area contributed by atoms with Crippen LogP contribution in [0, 0.1) is 17.8 Å². The van der Waals surface area contributed by atoms with Gasteiger partial charge in [0.2, 0.25) is 5.91 Å². The number of rotatable bonds is 7. The van der Waals surface area contributed by atoms with E-state index in [-0.39, 0.29) is 30.1 Å². The summed E-state index contributed by atoms with van der Waals surface area (Å²) in [4.78, 5) is 30.9. The first-order valence-electron chi connectivity index (χ1n) is 13.4. The fourth-order valence-electron chi connectivity index (χ4n) is 6.17. The third-order valence-electron chi connectivity index (χ3n) is 8.32. The van der Waals surface area contributed by atoms with E-state index in [1.807, 2.05) is 9.80 Å². The maximum absolute atomic E-state index is 13.1. The standard InChI is InChI=1S/C27H38F3N3O3/c28-27(29,30)23-7-4-8-24(18-23)32-15-13-31(14-16-32)11-9-22-19-33(12-10-21(22)17-25(34)35)26(36)20-5-2-1-3-6-20/h4,7-8,18,20-22H,1-3,5-6,9-17,19H2,(H,34,35). The molecule has 2 unspecified atom stereocenters. The number of nitrogens with zero attached hydrogens (tertiary/aromatic N) is 3. The second kappa shape index (κ2) is 11.8. The Labute approximate surface area is 211 Å². The number of likely N-dealkylation sites (tertiary alicyclic amines) is 1. The van der Waals surface area contributed by atoms with E-state index < -0.39 is 17.7 Å².